The number of methoxy groups -OCH3 is 1. The zero-order valence-corrected chi connectivity index (χ0v) is 15.3. The Morgan fingerprint density at radius 3 is 1.70 bits per heavy atom. The Balaban J connectivity index is 0.000000271. The lowest BCUT2D eigenvalue weighted by Gasteiger charge is -2.03. The average molecular weight is 370 g/mol. The summed E-state index contributed by atoms with van der Waals surface area (Å²) in [6.45, 7) is 2.92. The Kier molecular flexibility index (Phi) is 8.32. The molecule has 2 rings (SSSR count). The van der Waals surface area contributed by atoms with Crippen molar-refractivity contribution in [2.75, 3.05) is 7.11 Å². The van der Waals surface area contributed by atoms with Crippen LogP contribution in [0.3, 0.4) is 0 Å². The molecule has 0 aliphatic carbocycles. The van der Waals surface area contributed by atoms with Crippen LogP contribution >= 0.6 is 0 Å². The summed E-state index contributed by atoms with van der Waals surface area (Å²) >= 11 is 0. The molecule has 0 saturated carbocycles. The number of ether oxygens (including phenoxy) is 1. The fourth-order valence-corrected chi connectivity index (χ4v) is 1.87. The van der Waals surface area contributed by atoms with Gasteiger partial charge < -0.3 is 20.1 Å². The molecule has 0 radical (unpaired) electrons. The number of phenols is 3. The molecule has 27 heavy (non-hydrogen) atoms. The maximum absolute atomic E-state index is 10.7. The van der Waals surface area contributed by atoms with E-state index in [0.29, 0.717) is 11.3 Å². The molecular weight excluding hydrogens is 348 g/mol. The largest absolute Gasteiger partial charge is 0.504 e. The Labute approximate surface area is 157 Å². The molecule has 0 heterocycles. The van der Waals surface area contributed by atoms with Gasteiger partial charge in [-0.05, 0) is 61.4 Å². The molecular formula is C21H22O6. The summed E-state index contributed by atoms with van der Waals surface area (Å²) in [5.74, 6) is 0.0541. The molecule has 0 aromatic heterocycles. The highest BCUT2D eigenvalue weighted by Crippen LogP contribution is 2.27. The highest BCUT2D eigenvalue weighted by Gasteiger charge is 2.00. The molecule has 0 saturated heterocycles. The van der Waals surface area contributed by atoms with Crippen molar-refractivity contribution in [3.05, 3.63) is 59.7 Å². The molecule has 6 nitrogen and oxygen atoms in total. The minimum absolute atomic E-state index is 0.0166. The van der Waals surface area contributed by atoms with E-state index in [2.05, 4.69) is 0 Å². The van der Waals surface area contributed by atoms with Crippen molar-refractivity contribution in [1.82, 2.24) is 0 Å². The third kappa shape index (κ3) is 7.92. The molecule has 0 unspecified atom stereocenters. The molecule has 0 spiro atoms. The number of benzene rings is 2. The van der Waals surface area contributed by atoms with E-state index in [0.717, 1.165) is 5.56 Å². The first-order chi connectivity index (χ1) is 12.7. The van der Waals surface area contributed by atoms with Gasteiger partial charge in [0.25, 0.3) is 0 Å². The molecule has 3 N–H and O–H groups in total. The number of hydrogen-bond acceptors (Lipinski definition) is 6. The van der Waals surface area contributed by atoms with Crippen LogP contribution in [0.5, 0.6) is 23.0 Å². The first-order valence-electron chi connectivity index (χ1n) is 7.99. The van der Waals surface area contributed by atoms with Gasteiger partial charge in [-0.15, -0.1) is 0 Å². The minimum Gasteiger partial charge on any atom is -0.504 e. The van der Waals surface area contributed by atoms with Crippen LogP contribution in [0.1, 0.15) is 25.0 Å². The fraction of sp³-hybridized carbons (Fsp3) is 0.143. The van der Waals surface area contributed by atoms with Gasteiger partial charge in [0.2, 0.25) is 0 Å². The Morgan fingerprint density at radius 2 is 1.26 bits per heavy atom. The van der Waals surface area contributed by atoms with E-state index in [1.54, 1.807) is 30.4 Å². The molecule has 0 fully saturated rings. The highest BCUT2D eigenvalue weighted by atomic mass is 16.5. The molecule has 2 aromatic rings. The second-order valence-corrected chi connectivity index (χ2v) is 5.57. The summed E-state index contributed by atoms with van der Waals surface area (Å²) in [4.78, 5) is 21.2. The van der Waals surface area contributed by atoms with Gasteiger partial charge in [-0.2, -0.15) is 0 Å². The number of hydrogen-bond donors (Lipinski definition) is 3. The number of allylic oxidation sites excluding steroid dienone is 2. The summed E-state index contributed by atoms with van der Waals surface area (Å²) in [7, 11) is 1.48. The van der Waals surface area contributed by atoms with Gasteiger partial charge >= 0.3 is 0 Å². The van der Waals surface area contributed by atoms with Crippen LogP contribution in [0.2, 0.25) is 0 Å². The minimum atomic E-state index is -0.189. The van der Waals surface area contributed by atoms with Gasteiger partial charge in [-0.1, -0.05) is 24.3 Å². The van der Waals surface area contributed by atoms with E-state index < -0.39 is 0 Å². The molecule has 2 aromatic carbocycles. The fourth-order valence-electron chi connectivity index (χ4n) is 1.87. The summed E-state index contributed by atoms with van der Waals surface area (Å²) < 4.78 is 4.92. The topological polar surface area (TPSA) is 104 Å². The predicted molar refractivity (Wildman–Crippen MR) is 104 cm³/mol. The van der Waals surface area contributed by atoms with Crippen LogP contribution in [0, 0.1) is 0 Å². The Bertz CT molecular complexity index is 865. The lowest BCUT2D eigenvalue weighted by molar-refractivity contribution is -0.113. The van der Waals surface area contributed by atoms with E-state index in [9.17, 15) is 14.7 Å². The van der Waals surface area contributed by atoms with E-state index in [-0.39, 0.29) is 28.8 Å². The standard InChI is InChI=1S/C11H12O3.C10H10O3/c1-8(12)3-4-9-5-6-10(13)11(7-9)14-2;1-7(11)2-3-8-4-5-9(12)10(13)6-8/h3-7,13H,1-2H3;2-6,12-13H,1H3/b4-3+;3-2+. The van der Waals surface area contributed by atoms with E-state index in [4.69, 9.17) is 14.9 Å². The maximum atomic E-state index is 10.7. The second kappa shape index (κ2) is 10.5. The van der Waals surface area contributed by atoms with Crippen LogP contribution in [0.25, 0.3) is 12.2 Å². The highest BCUT2D eigenvalue weighted by molar-refractivity contribution is 5.92. The van der Waals surface area contributed by atoms with Crippen molar-refractivity contribution in [3.63, 3.8) is 0 Å². The first kappa shape index (κ1) is 21.5. The molecule has 0 aliphatic rings. The van der Waals surface area contributed by atoms with Crippen LogP contribution < -0.4 is 4.74 Å². The zero-order chi connectivity index (χ0) is 20.4. The van der Waals surface area contributed by atoms with Crippen molar-refractivity contribution >= 4 is 23.7 Å². The zero-order valence-electron chi connectivity index (χ0n) is 15.3. The monoisotopic (exact) mass is 370 g/mol. The Morgan fingerprint density at radius 1 is 0.778 bits per heavy atom. The Hall–Kier alpha value is -3.54. The summed E-state index contributed by atoms with van der Waals surface area (Å²) in [6, 6.07) is 9.25. The predicted octanol–water partition coefficient (Wildman–Crippen LogP) is 3.70. The van der Waals surface area contributed by atoms with Gasteiger partial charge in [0.15, 0.2) is 34.6 Å². The third-order valence-electron chi connectivity index (χ3n) is 3.22. The summed E-state index contributed by atoms with van der Waals surface area (Å²) in [5, 5.41) is 27.4. The number of aromatic hydroxyl groups is 3. The van der Waals surface area contributed by atoms with Crippen molar-refractivity contribution in [3.8, 4) is 23.0 Å². The molecule has 0 amide bonds. The van der Waals surface area contributed by atoms with Crippen molar-refractivity contribution in [2.45, 2.75) is 13.8 Å². The number of rotatable bonds is 5. The number of ketones is 2. The van der Waals surface area contributed by atoms with Gasteiger partial charge in [0, 0.05) is 0 Å². The molecule has 0 bridgehead atoms. The van der Waals surface area contributed by atoms with E-state index >= 15 is 0 Å². The van der Waals surface area contributed by atoms with Crippen LogP contribution in [-0.2, 0) is 9.59 Å². The smallest absolute Gasteiger partial charge is 0.161 e. The lowest BCUT2D eigenvalue weighted by atomic mass is 10.2. The normalized spacial score (nSPS) is 10.5. The SMILES string of the molecule is CC(=O)/C=C/c1ccc(O)c(O)c1.COc1cc(/C=C/C(C)=O)ccc1O. The maximum Gasteiger partial charge on any atom is 0.161 e. The molecule has 142 valence electrons. The number of carbonyl (C=O) groups excluding carboxylic acids is 2. The first-order valence-corrected chi connectivity index (χ1v) is 7.99. The van der Waals surface area contributed by atoms with E-state index in [1.807, 2.05) is 0 Å². The lowest BCUT2D eigenvalue weighted by Crippen LogP contribution is -1.85. The van der Waals surface area contributed by atoms with Crippen molar-refractivity contribution in [2.24, 2.45) is 0 Å². The number of carbonyl (C=O) groups is 2. The summed E-state index contributed by atoms with van der Waals surface area (Å²) in [5.41, 5.74) is 1.49. The van der Waals surface area contributed by atoms with Gasteiger partial charge in [0.05, 0.1) is 7.11 Å². The second-order valence-electron chi connectivity index (χ2n) is 5.57. The van der Waals surface area contributed by atoms with Gasteiger partial charge in [-0.3, -0.25) is 9.59 Å². The third-order valence-corrected chi connectivity index (χ3v) is 3.22. The molecule has 0 aliphatic heterocycles. The van der Waals surface area contributed by atoms with Crippen LogP contribution in [-0.4, -0.2) is 34.0 Å². The van der Waals surface area contributed by atoms with Gasteiger partial charge in [-0.25, -0.2) is 0 Å². The van der Waals surface area contributed by atoms with Crippen LogP contribution in [0.15, 0.2) is 48.6 Å². The van der Waals surface area contributed by atoms with Crippen molar-refractivity contribution < 1.29 is 29.6 Å². The average Bonchev–Trinajstić information content (AvgIpc) is 2.62. The van der Waals surface area contributed by atoms with Gasteiger partial charge in [0.1, 0.15) is 0 Å². The van der Waals surface area contributed by atoms with Crippen LogP contribution in [0.4, 0.5) is 0 Å². The molecule has 6 heteroatoms. The quantitative estimate of drug-likeness (QED) is 0.548. The number of phenolic OH excluding ortho intramolecular Hbond substituents is 3. The van der Waals surface area contributed by atoms with Crippen molar-refractivity contribution in [1.29, 1.82) is 0 Å². The van der Waals surface area contributed by atoms with E-state index in [1.165, 1.54) is 51.3 Å². The molecule has 0 atom stereocenters. The summed E-state index contributed by atoms with van der Waals surface area (Å²) in [6.07, 6.45) is 6.10.